The number of aliphatic hydroxyl groups excluding tert-OH is 1. The van der Waals surface area contributed by atoms with Gasteiger partial charge in [-0.3, -0.25) is 9.59 Å². The summed E-state index contributed by atoms with van der Waals surface area (Å²) in [5, 5.41) is 16.0. The molecule has 2 aromatic rings. The maximum atomic E-state index is 12.1. The zero-order chi connectivity index (χ0) is 19.6. The summed E-state index contributed by atoms with van der Waals surface area (Å²) < 4.78 is 6.47. The van der Waals surface area contributed by atoms with Gasteiger partial charge in [-0.25, -0.2) is 4.98 Å². The normalized spacial score (nSPS) is 10.6. The lowest BCUT2D eigenvalue weighted by Gasteiger charge is -2.11. The van der Waals surface area contributed by atoms with Gasteiger partial charge in [-0.2, -0.15) is 0 Å². The summed E-state index contributed by atoms with van der Waals surface area (Å²) in [5.41, 5.74) is 1.14. The van der Waals surface area contributed by atoms with E-state index in [2.05, 4.69) is 15.6 Å². The van der Waals surface area contributed by atoms with Crippen molar-refractivity contribution in [3.8, 4) is 0 Å². The molecule has 3 N–H and O–H groups in total. The van der Waals surface area contributed by atoms with Gasteiger partial charge >= 0.3 is 0 Å². The Morgan fingerprint density at radius 1 is 1.30 bits per heavy atom. The van der Waals surface area contributed by atoms with Crippen LogP contribution in [-0.2, 0) is 27.5 Å². The topological polar surface area (TPSA) is 105 Å². The molecule has 0 atom stereocenters. The van der Waals surface area contributed by atoms with Crippen LogP contribution in [0.25, 0.3) is 0 Å². The molecule has 0 unspecified atom stereocenters. The van der Waals surface area contributed by atoms with Crippen LogP contribution < -0.4 is 10.6 Å². The number of nitrogens with zero attached hydrogens (tertiary/aromatic N) is 2. The third-order valence-electron chi connectivity index (χ3n) is 3.45. The number of hydrogen-bond acceptors (Lipinski definition) is 6. The Hall–Kier alpha value is -2.07. The second-order valence-corrected chi connectivity index (χ2v) is 6.84. The van der Waals surface area contributed by atoms with E-state index in [0.29, 0.717) is 34.7 Å². The molecule has 1 aromatic heterocycles. The van der Waals surface area contributed by atoms with Crippen molar-refractivity contribution in [1.82, 2.24) is 14.9 Å². The number of ether oxygens (including phenoxy) is 1. The van der Waals surface area contributed by atoms with Crippen molar-refractivity contribution in [1.29, 1.82) is 0 Å². The standard InChI is InChI=1S/C17H21ClN4O4S/c1-26-7-6-19-15(24)9-22-14(10-23)8-20-17(22)27-11-16(25)21-13-4-2-12(18)3-5-13/h2-5,8,23H,6-7,9-11H2,1H3,(H,19,24)(H,21,25). The van der Waals surface area contributed by atoms with Crippen molar-refractivity contribution < 1.29 is 19.4 Å². The lowest BCUT2D eigenvalue weighted by Crippen LogP contribution is -2.31. The van der Waals surface area contributed by atoms with Gasteiger partial charge in [0.05, 0.1) is 30.9 Å². The van der Waals surface area contributed by atoms with E-state index in [1.807, 2.05) is 0 Å². The molecule has 1 aromatic carbocycles. The minimum absolute atomic E-state index is 0.000738. The van der Waals surface area contributed by atoms with E-state index in [0.717, 1.165) is 0 Å². The van der Waals surface area contributed by atoms with E-state index in [1.165, 1.54) is 18.0 Å². The molecule has 0 radical (unpaired) electrons. The van der Waals surface area contributed by atoms with Crippen LogP contribution in [0.1, 0.15) is 5.69 Å². The summed E-state index contributed by atoms with van der Waals surface area (Å²) in [5.74, 6) is -0.338. The number of anilines is 1. The zero-order valence-electron chi connectivity index (χ0n) is 14.8. The number of carbonyl (C=O) groups is 2. The van der Waals surface area contributed by atoms with Crippen molar-refractivity contribution >= 4 is 40.9 Å². The molecule has 0 spiro atoms. The highest BCUT2D eigenvalue weighted by molar-refractivity contribution is 7.99. The highest BCUT2D eigenvalue weighted by atomic mass is 35.5. The van der Waals surface area contributed by atoms with Gasteiger partial charge in [-0.15, -0.1) is 0 Å². The molecule has 10 heteroatoms. The number of aliphatic hydroxyl groups is 1. The number of halogens is 1. The van der Waals surface area contributed by atoms with E-state index < -0.39 is 0 Å². The first kappa shape index (κ1) is 21.2. The fraction of sp³-hybridized carbons (Fsp3) is 0.353. The number of thioether (sulfide) groups is 1. The fourth-order valence-corrected chi connectivity index (χ4v) is 3.08. The molecule has 0 fully saturated rings. The lowest BCUT2D eigenvalue weighted by atomic mass is 10.3. The Labute approximate surface area is 166 Å². The number of hydrogen-bond donors (Lipinski definition) is 3. The number of rotatable bonds is 10. The van der Waals surface area contributed by atoms with Crippen LogP contribution in [0.4, 0.5) is 5.69 Å². The Morgan fingerprint density at radius 3 is 2.70 bits per heavy atom. The molecule has 27 heavy (non-hydrogen) atoms. The van der Waals surface area contributed by atoms with Crippen molar-refractivity contribution in [2.75, 3.05) is 31.3 Å². The van der Waals surface area contributed by atoms with Gasteiger partial charge in [0.25, 0.3) is 0 Å². The molecule has 0 saturated heterocycles. The predicted octanol–water partition coefficient (Wildman–Crippen LogP) is 1.52. The van der Waals surface area contributed by atoms with Gasteiger partial charge in [0.2, 0.25) is 11.8 Å². The number of benzene rings is 1. The van der Waals surface area contributed by atoms with Gasteiger partial charge in [-0.05, 0) is 24.3 Å². The summed E-state index contributed by atoms with van der Waals surface area (Å²) in [7, 11) is 1.55. The molecule has 2 rings (SSSR count). The first-order chi connectivity index (χ1) is 13.0. The lowest BCUT2D eigenvalue weighted by molar-refractivity contribution is -0.122. The third kappa shape index (κ3) is 6.87. The molecule has 0 aliphatic carbocycles. The number of carbonyl (C=O) groups excluding carboxylic acids is 2. The summed E-state index contributed by atoms with van der Waals surface area (Å²) in [6.07, 6.45) is 1.49. The van der Waals surface area contributed by atoms with Gasteiger partial charge in [0, 0.05) is 24.4 Å². The van der Waals surface area contributed by atoms with E-state index in [1.54, 1.807) is 35.9 Å². The zero-order valence-corrected chi connectivity index (χ0v) is 16.3. The molecule has 2 amide bonds. The van der Waals surface area contributed by atoms with Gasteiger partial charge in [-0.1, -0.05) is 23.4 Å². The van der Waals surface area contributed by atoms with E-state index in [9.17, 15) is 14.7 Å². The Bertz CT molecular complexity index is 767. The maximum absolute atomic E-state index is 12.1. The SMILES string of the molecule is COCCNC(=O)Cn1c(CO)cnc1SCC(=O)Nc1ccc(Cl)cc1. The molecule has 0 bridgehead atoms. The quantitative estimate of drug-likeness (QED) is 0.403. The minimum atomic E-state index is -0.254. The number of aromatic nitrogens is 2. The number of amides is 2. The van der Waals surface area contributed by atoms with Crippen LogP contribution in [0.3, 0.4) is 0 Å². The highest BCUT2D eigenvalue weighted by Crippen LogP contribution is 2.20. The van der Waals surface area contributed by atoms with Gasteiger partial charge in [0.15, 0.2) is 5.16 Å². The van der Waals surface area contributed by atoms with Crippen molar-refractivity contribution in [2.24, 2.45) is 0 Å². The maximum Gasteiger partial charge on any atom is 0.240 e. The van der Waals surface area contributed by atoms with Crippen LogP contribution in [0.2, 0.25) is 5.02 Å². The summed E-state index contributed by atoms with van der Waals surface area (Å²) in [4.78, 5) is 28.3. The average Bonchev–Trinajstić information content (AvgIpc) is 3.03. The smallest absolute Gasteiger partial charge is 0.240 e. The van der Waals surface area contributed by atoms with Gasteiger partial charge < -0.3 is 25.0 Å². The van der Waals surface area contributed by atoms with Gasteiger partial charge in [0.1, 0.15) is 6.54 Å². The molecular weight excluding hydrogens is 392 g/mol. The fourth-order valence-electron chi connectivity index (χ4n) is 2.15. The Kier molecular flexibility index (Phi) is 8.59. The monoisotopic (exact) mass is 412 g/mol. The number of nitrogens with one attached hydrogen (secondary N) is 2. The van der Waals surface area contributed by atoms with E-state index >= 15 is 0 Å². The largest absolute Gasteiger partial charge is 0.390 e. The Balaban J connectivity index is 1.93. The van der Waals surface area contributed by atoms with Crippen molar-refractivity contribution in [3.05, 3.63) is 41.2 Å². The van der Waals surface area contributed by atoms with Crippen molar-refractivity contribution in [3.63, 3.8) is 0 Å². The number of methoxy groups -OCH3 is 1. The summed E-state index contributed by atoms with van der Waals surface area (Å²) in [6.45, 7) is 0.552. The molecule has 146 valence electrons. The third-order valence-corrected chi connectivity index (χ3v) is 4.70. The first-order valence-electron chi connectivity index (χ1n) is 8.12. The number of imidazole rings is 1. The Morgan fingerprint density at radius 2 is 2.04 bits per heavy atom. The summed E-state index contributed by atoms with van der Waals surface area (Å²) in [6, 6.07) is 6.79. The molecule has 1 heterocycles. The average molecular weight is 413 g/mol. The molecule has 8 nitrogen and oxygen atoms in total. The second-order valence-electron chi connectivity index (χ2n) is 5.46. The minimum Gasteiger partial charge on any atom is -0.390 e. The van der Waals surface area contributed by atoms with Crippen LogP contribution in [0, 0.1) is 0 Å². The second kappa shape index (κ2) is 10.9. The highest BCUT2D eigenvalue weighted by Gasteiger charge is 2.15. The van der Waals surface area contributed by atoms with Crippen molar-refractivity contribution in [2.45, 2.75) is 18.3 Å². The molecule has 0 aliphatic rings. The molecule has 0 saturated carbocycles. The van der Waals surface area contributed by atoms with Crippen LogP contribution in [-0.4, -0.2) is 52.5 Å². The molecule has 0 aliphatic heterocycles. The van der Waals surface area contributed by atoms with Crippen LogP contribution in [0.5, 0.6) is 0 Å². The summed E-state index contributed by atoms with van der Waals surface area (Å²) >= 11 is 7.00. The van der Waals surface area contributed by atoms with E-state index in [4.69, 9.17) is 16.3 Å². The predicted molar refractivity (Wildman–Crippen MR) is 104 cm³/mol. The first-order valence-corrected chi connectivity index (χ1v) is 9.49. The van der Waals surface area contributed by atoms with Crippen LogP contribution in [0.15, 0.2) is 35.6 Å². The molecular formula is C17H21ClN4O4S. The van der Waals surface area contributed by atoms with E-state index in [-0.39, 0.29) is 30.7 Å². The van der Waals surface area contributed by atoms with Crippen LogP contribution >= 0.6 is 23.4 Å².